The van der Waals surface area contributed by atoms with Gasteiger partial charge in [-0.3, -0.25) is 4.90 Å². The number of hydrogen-bond donors (Lipinski definition) is 2. The summed E-state index contributed by atoms with van der Waals surface area (Å²) in [6.07, 6.45) is 0.138. The van der Waals surface area contributed by atoms with Crippen molar-refractivity contribution in [1.82, 2.24) is 4.90 Å². The standard InChI is InChI=1S/C8H14N4O2/c9-11-10-5-1-2-12-4-7(13)8(14)6(12)3-5/h5-8,13-14H,1-4H2/t5-,6-,7-,8+/m1/s1. The smallest absolute Gasteiger partial charge is 0.0966 e. The predicted molar refractivity (Wildman–Crippen MR) is 49.5 cm³/mol. The van der Waals surface area contributed by atoms with Crippen molar-refractivity contribution in [3.8, 4) is 0 Å². The summed E-state index contributed by atoms with van der Waals surface area (Å²) in [5, 5.41) is 22.8. The average molecular weight is 198 g/mol. The first-order valence-corrected chi connectivity index (χ1v) is 4.86. The van der Waals surface area contributed by atoms with E-state index in [0.717, 1.165) is 13.0 Å². The lowest BCUT2D eigenvalue weighted by molar-refractivity contribution is 0.0297. The third-order valence-electron chi connectivity index (χ3n) is 3.16. The van der Waals surface area contributed by atoms with Crippen LogP contribution < -0.4 is 0 Å². The van der Waals surface area contributed by atoms with Gasteiger partial charge in [0.15, 0.2) is 0 Å². The third kappa shape index (κ3) is 1.57. The van der Waals surface area contributed by atoms with E-state index in [1.807, 2.05) is 0 Å². The van der Waals surface area contributed by atoms with Crippen molar-refractivity contribution in [2.45, 2.75) is 37.1 Å². The van der Waals surface area contributed by atoms with Crippen LogP contribution in [0.25, 0.3) is 10.4 Å². The molecule has 2 rings (SSSR count). The molecule has 0 unspecified atom stereocenters. The number of aliphatic hydroxyl groups excluding tert-OH is 2. The summed E-state index contributed by atoms with van der Waals surface area (Å²) in [6.45, 7) is 1.33. The zero-order valence-corrected chi connectivity index (χ0v) is 7.82. The van der Waals surface area contributed by atoms with Crippen molar-refractivity contribution in [2.24, 2.45) is 5.11 Å². The van der Waals surface area contributed by atoms with Crippen LogP contribution in [0, 0.1) is 0 Å². The first-order chi connectivity index (χ1) is 6.72. The minimum absolute atomic E-state index is 0.0267. The molecule has 2 fully saturated rings. The number of azide groups is 1. The van der Waals surface area contributed by atoms with Crippen LogP contribution in [0.15, 0.2) is 5.11 Å². The maximum absolute atomic E-state index is 9.65. The van der Waals surface area contributed by atoms with Gasteiger partial charge in [0.25, 0.3) is 0 Å². The lowest BCUT2D eigenvalue weighted by atomic mass is 9.96. The summed E-state index contributed by atoms with van der Waals surface area (Å²) in [5.41, 5.74) is 8.31. The predicted octanol–water partition coefficient (Wildman–Crippen LogP) is -0.135. The molecule has 0 amide bonds. The molecule has 0 radical (unpaired) electrons. The minimum Gasteiger partial charge on any atom is -0.389 e. The molecule has 2 heterocycles. The molecule has 2 N–H and O–H groups in total. The number of aliphatic hydroxyl groups is 2. The Kier molecular flexibility index (Phi) is 2.60. The van der Waals surface area contributed by atoms with Crippen molar-refractivity contribution < 1.29 is 10.2 Å². The van der Waals surface area contributed by atoms with Gasteiger partial charge in [-0.25, -0.2) is 0 Å². The Labute approximate surface area is 81.8 Å². The van der Waals surface area contributed by atoms with Crippen LogP contribution in [0.3, 0.4) is 0 Å². The number of fused-ring (bicyclic) bond motifs is 1. The molecule has 0 spiro atoms. The molecule has 0 bridgehead atoms. The molecular weight excluding hydrogens is 184 g/mol. The van der Waals surface area contributed by atoms with Gasteiger partial charge in [-0.2, -0.15) is 0 Å². The van der Waals surface area contributed by atoms with Crippen molar-refractivity contribution in [3.63, 3.8) is 0 Å². The minimum atomic E-state index is -0.688. The van der Waals surface area contributed by atoms with Crippen molar-refractivity contribution in [3.05, 3.63) is 10.4 Å². The molecule has 2 aliphatic heterocycles. The average Bonchev–Trinajstić information content (AvgIpc) is 2.45. The summed E-state index contributed by atoms with van der Waals surface area (Å²) < 4.78 is 0. The zero-order chi connectivity index (χ0) is 10.1. The number of piperidine rings is 1. The summed E-state index contributed by atoms with van der Waals surface area (Å²) in [4.78, 5) is 4.85. The Bertz CT molecular complexity index is 266. The van der Waals surface area contributed by atoms with E-state index in [2.05, 4.69) is 14.9 Å². The SMILES string of the molecule is [N-]=[N+]=N[C@@H]1CCN2C[C@@H](O)[C@@H](O)[C@H]2C1. The molecule has 0 aromatic carbocycles. The Hall–Kier alpha value is -0.810. The molecule has 14 heavy (non-hydrogen) atoms. The number of nitrogens with zero attached hydrogens (tertiary/aromatic N) is 4. The van der Waals surface area contributed by atoms with Gasteiger partial charge >= 0.3 is 0 Å². The maximum atomic E-state index is 9.65. The number of rotatable bonds is 1. The molecule has 78 valence electrons. The summed E-state index contributed by atoms with van der Waals surface area (Å²) in [7, 11) is 0. The van der Waals surface area contributed by atoms with Gasteiger partial charge in [-0.1, -0.05) is 5.11 Å². The first-order valence-electron chi connectivity index (χ1n) is 4.86. The highest BCUT2D eigenvalue weighted by molar-refractivity contribution is 4.98. The maximum Gasteiger partial charge on any atom is 0.0966 e. The van der Waals surface area contributed by atoms with E-state index in [1.54, 1.807) is 0 Å². The van der Waals surface area contributed by atoms with Crippen LogP contribution in [-0.4, -0.2) is 52.5 Å². The van der Waals surface area contributed by atoms with E-state index < -0.39 is 12.2 Å². The van der Waals surface area contributed by atoms with Crippen molar-refractivity contribution in [1.29, 1.82) is 0 Å². The van der Waals surface area contributed by atoms with E-state index in [9.17, 15) is 10.2 Å². The summed E-state index contributed by atoms with van der Waals surface area (Å²) >= 11 is 0. The third-order valence-corrected chi connectivity index (χ3v) is 3.16. The van der Waals surface area contributed by atoms with Gasteiger partial charge in [0.1, 0.15) is 0 Å². The van der Waals surface area contributed by atoms with Gasteiger partial charge in [0.2, 0.25) is 0 Å². The first kappa shape index (κ1) is 9.73. The summed E-state index contributed by atoms with van der Waals surface area (Å²) in [6, 6.07) is -0.0598. The Balaban J connectivity index is 2.04. The second kappa shape index (κ2) is 3.74. The van der Waals surface area contributed by atoms with E-state index >= 15 is 0 Å². The van der Waals surface area contributed by atoms with Crippen LogP contribution in [0.4, 0.5) is 0 Å². The topological polar surface area (TPSA) is 92.5 Å². The molecule has 0 aliphatic carbocycles. The molecule has 2 aliphatic rings. The highest BCUT2D eigenvalue weighted by Crippen LogP contribution is 2.29. The largest absolute Gasteiger partial charge is 0.389 e. The lowest BCUT2D eigenvalue weighted by Gasteiger charge is -2.33. The Morgan fingerprint density at radius 2 is 2.21 bits per heavy atom. The van der Waals surface area contributed by atoms with Crippen LogP contribution in [-0.2, 0) is 0 Å². The zero-order valence-electron chi connectivity index (χ0n) is 7.82. The second-order valence-electron chi connectivity index (χ2n) is 4.00. The normalized spacial score (nSPS) is 43.0. The van der Waals surface area contributed by atoms with Gasteiger partial charge in [-0.05, 0) is 24.9 Å². The van der Waals surface area contributed by atoms with Crippen LogP contribution >= 0.6 is 0 Å². The highest BCUT2D eigenvalue weighted by atomic mass is 16.3. The van der Waals surface area contributed by atoms with Gasteiger partial charge in [0, 0.05) is 23.5 Å². The van der Waals surface area contributed by atoms with Gasteiger partial charge in [0.05, 0.1) is 12.2 Å². The molecule has 0 aromatic heterocycles. The van der Waals surface area contributed by atoms with E-state index in [0.29, 0.717) is 13.0 Å². The fourth-order valence-electron chi connectivity index (χ4n) is 2.39. The van der Waals surface area contributed by atoms with E-state index in [-0.39, 0.29) is 12.1 Å². The molecule has 0 saturated carbocycles. The monoisotopic (exact) mass is 198 g/mol. The van der Waals surface area contributed by atoms with Gasteiger partial charge < -0.3 is 10.2 Å². The quantitative estimate of drug-likeness (QED) is 0.349. The fourth-order valence-corrected chi connectivity index (χ4v) is 2.39. The van der Waals surface area contributed by atoms with E-state index in [1.165, 1.54) is 0 Å². The molecule has 6 heteroatoms. The van der Waals surface area contributed by atoms with E-state index in [4.69, 9.17) is 5.53 Å². The molecule has 6 nitrogen and oxygen atoms in total. The molecular formula is C8H14N4O2. The lowest BCUT2D eigenvalue weighted by Crippen LogP contribution is -2.43. The molecule has 2 saturated heterocycles. The Morgan fingerprint density at radius 3 is 2.93 bits per heavy atom. The summed E-state index contributed by atoms with van der Waals surface area (Å²) in [5.74, 6) is 0. The van der Waals surface area contributed by atoms with Crippen LogP contribution in [0.2, 0.25) is 0 Å². The van der Waals surface area contributed by atoms with Crippen molar-refractivity contribution >= 4 is 0 Å². The van der Waals surface area contributed by atoms with Crippen molar-refractivity contribution in [2.75, 3.05) is 13.1 Å². The molecule has 0 aromatic rings. The molecule has 4 atom stereocenters. The fraction of sp³-hybridized carbons (Fsp3) is 1.00. The Morgan fingerprint density at radius 1 is 1.43 bits per heavy atom. The number of hydrogen-bond acceptors (Lipinski definition) is 4. The van der Waals surface area contributed by atoms with Crippen LogP contribution in [0.5, 0.6) is 0 Å². The highest BCUT2D eigenvalue weighted by Gasteiger charge is 2.42. The second-order valence-corrected chi connectivity index (χ2v) is 4.00. The van der Waals surface area contributed by atoms with Gasteiger partial charge in [-0.15, -0.1) is 0 Å². The van der Waals surface area contributed by atoms with Crippen LogP contribution in [0.1, 0.15) is 12.8 Å².